The molecule has 0 saturated heterocycles. The number of fused-ring (bicyclic) bond motifs is 8. The number of anilines is 3. The highest BCUT2D eigenvalue weighted by Crippen LogP contribution is 2.47. The summed E-state index contributed by atoms with van der Waals surface area (Å²) in [5, 5.41) is 0. The molecule has 3 aromatic carbocycles. The Labute approximate surface area is 137 Å². The molecule has 2 aliphatic heterocycles. The van der Waals surface area contributed by atoms with Crippen LogP contribution < -0.4 is 15.1 Å². The van der Waals surface area contributed by atoms with Crippen LogP contribution in [0.15, 0.2) is 72.8 Å². The van der Waals surface area contributed by atoms with Crippen molar-refractivity contribution in [3.63, 3.8) is 0 Å². The van der Waals surface area contributed by atoms with E-state index in [2.05, 4.69) is 89.3 Å². The summed E-state index contributed by atoms with van der Waals surface area (Å²) >= 11 is 0. The van der Waals surface area contributed by atoms with Crippen molar-refractivity contribution >= 4 is 29.5 Å². The Morgan fingerprint density at radius 1 is 0.696 bits per heavy atom. The molecule has 23 heavy (non-hydrogen) atoms. The Morgan fingerprint density at radius 3 is 2.09 bits per heavy atom. The first kappa shape index (κ1) is 12.8. The highest BCUT2D eigenvalue weighted by Gasteiger charge is 2.45. The highest BCUT2D eigenvalue weighted by molar-refractivity contribution is 6.85. The zero-order chi connectivity index (χ0) is 15.4. The lowest BCUT2D eigenvalue weighted by Crippen LogP contribution is -2.57. The van der Waals surface area contributed by atoms with Crippen molar-refractivity contribution in [3.8, 4) is 11.1 Å². The first-order valence-corrected chi connectivity index (χ1v) is 8.23. The normalized spacial score (nSPS) is 14.2. The molecule has 0 fully saturated rings. The van der Waals surface area contributed by atoms with Crippen molar-refractivity contribution in [3.05, 3.63) is 72.8 Å². The smallest absolute Gasteiger partial charge is 0.390 e. The molecule has 0 saturated carbocycles. The molecule has 0 aromatic heterocycles. The van der Waals surface area contributed by atoms with E-state index in [4.69, 9.17) is 0 Å². The zero-order valence-electron chi connectivity index (χ0n) is 13.1. The third kappa shape index (κ3) is 1.59. The third-order valence-electron chi connectivity index (χ3n) is 5.02. The number of nitrogens with zero attached hydrogens (tertiary/aromatic N) is 2. The van der Waals surface area contributed by atoms with Crippen LogP contribution in [0, 0.1) is 0 Å². The van der Waals surface area contributed by atoms with Gasteiger partial charge in [-0.05, 0) is 36.1 Å². The van der Waals surface area contributed by atoms with Crippen molar-refractivity contribution in [2.24, 2.45) is 0 Å². The van der Waals surface area contributed by atoms with E-state index in [1.807, 2.05) is 0 Å². The molecule has 5 rings (SSSR count). The van der Waals surface area contributed by atoms with Gasteiger partial charge >= 0.3 is 6.98 Å². The fourth-order valence-electron chi connectivity index (χ4n) is 4.10. The largest absolute Gasteiger partial charge is 0.416 e. The fourth-order valence-corrected chi connectivity index (χ4v) is 4.10. The Kier molecular flexibility index (Phi) is 2.60. The molecule has 2 heterocycles. The summed E-state index contributed by atoms with van der Waals surface area (Å²) in [6.07, 6.45) is 0. The summed E-state index contributed by atoms with van der Waals surface area (Å²) in [6, 6.07) is 26.3. The lowest BCUT2D eigenvalue weighted by molar-refractivity contribution is 1.09. The Bertz CT molecular complexity index is 905. The molecule has 0 spiro atoms. The molecule has 3 aromatic rings. The van der Waals surface area contributed by atoms with E-state index in [1.165, 1.54) is 33.7 Å². The lowest BCUT2D eigenvalue weighted by Gasteiger charge is -2.36. The van der Waals surface area contributed by atoms with Crippen LogP contribution in [0.4, 0.5) is 17.1 Å². The molecule has 3 heteroatoms. The monoisotopic (exact) mass is 296 g/mol. The topological polar surface area (TPSA) is 6.48 Å². The summed E-state index contributed by atoms with van der Waals surface area (Å²) < 4.78 is 0. The highest BCUT2D eigenvalue weighted by atomic mass is 15.3. The standard InChI is InChI=1S/C20H17BN2/c1-2-22-19-13-7-8-14-20(19)23-18-12-6-4-10-16(18)15-9-3-5-11-17(15)21(22)23/h3-14H,2H2,1H3. The van der Waals surface area contributed by atoms with E-state index in [9.17, 15) is 0 Å². The van der Waals surface area contributed by atoms with Crippen LogP contribution in [0.25, 0.3) is 11.1 Å². The van der Waals surface area contributed by atoms with E-state index < -0.39 is 0 Å². The van der Waals surface area contributed by atoms with Crippen LogP contribution in [0.5, 0.6) is 0 Å². The molecule has 0 atom stereocenters. The summed E-state index contributed by atoms with van der Waals surface area (Å²) in [6.45, 7) is 3.49. The summed E-state index contributed by atoms with van der Waals surface area (Å²) in [5.41, 5.74) is 8.01. The Hall–Kier alpha value is -2.68. The van der Waals surface area contributed by atoms with Crippen molar-refractivity contribution in [2.45, 2.75) is 6.92 Å². The van der Waals surface area contributed by atoms with Crippen LogP contribution in [-0.4, -0.2) is 13.5 Å². The number of hydrogen-bond donors (Lipinski definition) is 0. The van der Waals surface area contributed by atoms with E-state index in [0.29, 0.717) is 0 Å². The van der Waals surface area contributed by atoms with Gasteiger partial charge in [0, 0.05) is 23.5 Å². The van der Waals surface area contributed by atoms with Crippen molar-refractivity contribution in [2.75, 3.05) is 16.2 Å². The number of rotatable bonds is 1. The van der Waals surface area contributed by atoms with Gasteiger partial charge in [0.2, 0.25) is 0 Å². The third-order valence-corrected chi connectivity index (χ3v) is 5.02. The second kappa shape index (κ2) is 4.66. The molecule has 2 aliphatic rings. The van der Waals surface area contributed by atoms with Gasteiger partial charge in [0.15, 0.2) is 0 Å². The van der Waals surface area contributed by atoms with Gasteiger partial charge in [-0.1, -0.05) is 54.6 Å². The van der Waals surface area contributed by atoms with Crippen molar-refractivity contribution in [1.82, 2.24) is 0 Å². The maximum Gasteiger partial charge on any atom is 0.416 e. The van der Waals surface area contributed by atoms with E-state index in [1.54, 1.807) is 0 Å². The van der Waals surface area contributed by atoms with Gasteiger partial charge in [-0.2, -0.15) is 0 Å². The predicted octanol–water partition coefficient (Wildman–Crippen LogP) is 4.04. The van der Waals surface area contributed by atoms with Gasteiger partial charge in [0.05, 0.1) is 5.69 Å². The quantitative estimate of drug-likeness (QED) is 0.625. The van der Waals surface area contributed by atoms with Gasteiger partial charge in [0.25, 0.3) is 0 Å². The molecule has 0 aliphatic carbocycles. The maximum atomic E-state index is 2.50. The lowest BCUT2D eigenvalue weighted by atomic mass is 9.59. The van der Waals surface area contributed by atoms with Crippen molar-refractivity contribution < 1.29 is 0 Å². The molecular weight excluding hydrogens is 279 g/mol. The molecule has 110 valence electrons. The molecule has 0 unspecified atom stereocenters. The SMILES string of the molecule is CCN1B2c3ccccc3-c3ccccc3N2c2ccccc21. The molecule has 0 bridgehead atoms. The summed E-state index contributed by atoms with van der Waals surface area (Å²) in [7, 11) is 0. The Morgan fingerprint density at radius 2 is 1.30 bits per heavy atom. The number of benzene rings is 3. The maximum absolute atomic E-state index is 2.50. The van der Waals surface area contributed by atoms with Crippen LogP contribution >= 0.6 is 0 Å². The van der Waals surface area contributed by atoms with Gasteiger partial charge in [-0.3, -0.25) is 0 Å². The van der Waals surface area contributed by atoms with Crippen LogP contribution in [0.3, 0.4) is 0 Å². The second-order valence-corrected chi connectivity index (χ2v) is 6.12. The second-order valence-electron chi connectivity index (χ2n) is 6.12. The van der Waals surface area contributed by atoms with Gasteiger partial charge in [-0.15, -0.1) is 0 Å². The first-order chi connectivity index (χ1) is 11.4. The minimum absolute atomic E-state index is 0.253. The van der Waals surface area contributed by atoms with Gasteiger partial charge in [-0.25, -0.2) is 0 Å². The summed E-state index contributed by atoms with van der Waals surface area (Å²) in [5.74, 6) is 0. The minimum Gasteiger partial charge on any atom is -0.390 e. The Balaban J connectivity index is 1.86. The van der Waals surface area contributed by atoms with Gasteiger partial charge < -0.3 is 9.62 Å². The molecule has 0 amide bonds. The van der Waals surface area contributed by atoms with Crippen LogP contribution in [0.2, 0.25) is 0 Å². The van der Waals surface area contributed by atoms with Crippen molar-refractivity contribution in [1.29, 1.82) is 0 Å². The summed E-state index contributed by atoms with van der Waals surface area (Å²) in [4.78, 5) is 5.00. The minimum atomic E-state index is 0.253. The molecular formula is C20H17BN2. The molecule has 0 radical (unpaired) electrons. The number of para-hydroxylation sites is 3. The molecule has 2 nitrogen and oxygen atoms in total. The van der Waals surface area contributed by atoms with E-state index >= 15 is 0 Å². The molecule has 0 N–H and O–H groups in total. The predicted molar refractivity (Wildman–Crippen MR) is 98.9 cm³/mol. The average molecular weight is 296 g/mol. The van der Waals surface area contributed by atoms with Gasteiger partial charge in [0.1, 0.15) is 0 Å². The average Bonchev–Trinajstić information content (AvgIpc) is 2.97. The first-order valence-electron chi connectivity index (χ1n) is 8.23. The fraction of sp³-hybridized carbons (Fsp3) is 0.100. The van der Waals surface area contributed by atoms with Crippen LogP contribution in [0.1, 0.15) is 6.92 Å². The van der Waals surface area contributed by atoms with E-state index in [0.717, 1.165) is 6.54 Å². The number of hydrogen-bond acceptors (Lipinski definition) is 2. The van der Waals surface area contributed by atoms with Crippen LogP contribution in [-0.2, 0) is 0 Å². The zero-order valence-corrected chi connectivity index (χ0v) is 13.1. The van der Waals surface area contributed by atoms with E-state index in [-0.39, 0.29) is 6.98 Å².